The van der Waals surface area contributed by atoms with Gasteiger partial charge in [0.15, 0.2) is 0 Å². The molecule has 0 fully saturated rings. The molecule has 438 valence electrons. The molecule has 0 aliphatic carbocycles. The molecule has 0 heterocycles. The molecule has 0 bridgehead atoms. The van der Waals surface area contributed by atoms with Crippen LogP contribution in [-0.2, 0) is 27.9 Å². The minimum absolute atomic E-state index is 0.0375. The number of phosphoric acid groups is 1. The second kappa shape index (κ2) is 55.0. The number of hydrogen-bond donors (Lipinski definition) is 2. The Morgan fingerprint density at radius 1 is 0.480 bits per heavy atom. The number of unbranched alkanes of at least 4 members (excludes halogenated alkanes) is 34. The molecule has 0 saturated heterocycles. The molecular formula is C65H122N2O7P+. The molecule has 9 nitrogen and oxygen atoms in total. The SMILES string of the molecule is CCCCC/C=C\C/C=C\CCCCCCCCCCCCCCCC(=O)NC(COP(=O)(O)OCC[N+](C)(C)C)C(/C=C\CCCCCCCCCCC)OC(=O)CCCCCCCC/C=C/C=C/CCCCC. The Bertz CT molecular complexity index is 1470. The molecule has 2 N–H and O–H groups in total. The van der Waals surface area contributed by atoms with Gasteiger partial charge in [-0.2, -0.15) is 0 Å². The number of rotatable bonds is 57. The fraction of sp³-hybridized carbons (Fsp3) is 0.815. The lowest BCUT2D eigenvalue weighted by molar-refractivity contribution is -0.870. The number of carbonyl (C=O) groups is 2. The Morgan fingerprint density at radius 3 is 1.31 bits per heavy atom. The maximum atomic E-state index is 13.5. The van der Waals surface area contributed by atoms with Crippen molar-refractivity contribution in [3.05, 3.63) is 60.8 Å². The Balaban J connectivity index is 5.14. The number of likely N-dealkylation sites (N-methyl/N-ethyl adjacent to an activating group) is 1. The first-order chi connectivity index (χ1) is 36.4. The van der Waals surface area contributed by atoms with Crippen LogP contribution in [0.25, 0.3) is 0 Å². The summed E-state index contributed by atoms with van der Waals surface area (Å²) in [6.45, 7) is 6.96. The van der Waals surface area contributed by atoms with Gasteiger partial charge in [-0.25, -0.2) is 4.57 Å². The molecule has 0 radical (unpaired) electrons. The standard InChI is InChI=1S/C65H121N2O7P/c1-7-10-13-16-19-22-25-27-29-30-31-32-33-34-35-36-38-39-42-45-48-51-54-57-64(68)66-62(61-73-75(70,71)72-60-59-67(4,5)6)63(56-53-50-47-44-41-24-21-18-15-12-9-3)74-65(69)58-55-52-49-46-43-40-37-28-26-23-20-17-14-11-8-2/h19-20,22-23,26-29,53,56,62-63H,7-18,21,24-25,30-52,54-55,57-61H2,1-6H3,(H-,66,68,70,71)/p+1/b22-19-,23-20+,28-26+,29-27-,56-53-. The predicted octanol–water partition coefficient (Wildman–Crippen LogP) is 19.4. The maximum Gasteiger partial charge on any atom is 0.472 e. The van der Waals surface area contributed by atoms with Crippen molar-refractivity contribution in [1.82, 2.24) is 5.32 Å². The van der Waals surface area contributed by atoms with E-state index >= 15 is 0 Å². The number of ether oxygens (including phenoxy) is 1. The molecule has 0 spiro atoms. The summed E-state index contributed by atoms with van der Waals surface area (Å²) in [5, 5.41) is 3.06. The second-order valence-corrected chi connectivity index (χ2v) is 24.1. The summed E-state index contributed by atoms with van der Waals surface area (Å²) < 4.78 is 30.7. The lowest BCUT2D eigenvalue weighted by Gasteiger charge is -2.27. The summed E-state index contributed by atoms with van der Waals surface area (Å²) in [5.41, 5.74) is 0. The van der Waals surface area contributed by atoms with Crippen LogP contribution in [-0.4, -0.2) is 74.3 Å². The molecule has 0 saturated carbocycles. The first-order valence-electron chi connectivity index (χ1n) is 31.6. The molecule has 3 unspecified atom stereocenters. The minimum Gasteiger partial charge on any atom is -0.456 e. The summed E-state index contributed by atoms with van der Waals surface area (Å²) in [6.07, 6.45) is 69.3. The molecule has 10 heteroatoms. The number of hydrogen-bond acceptors (Lipinski definition) is 6. The second-order valence-electron chi connectivity index (χ2n) is 22.6. The highest BCUT2D eigenvalue weighted by Crippen LogP contribution is 2.43. The van der Waals surface area contributed by atoms with E-state index in [1.807, 2.05) is 33.3 Å². The van der Waals surface area contributed by atoms with Crippen molar-refractivity contribution in [2.75, 3.05) is 40.9 Å². The van der Waals surface area contributed by atoms with E-state index in [1.54, 1.807) is 0 Å². The highest BCUT2D eigenvalue weighted by atomic mass is 31.2. The zero-order chi connectivity index (χ0) is 55.0. The van der Waals surface area contributed by atoms with Crippen molar-refractivity contribution in [2.24, 2.45) is 0 Å². The van der Waals surface area contributed by atoms with Gasteiger partial charge in [-0.1, -0.05) is 249 Å². The van der Waals surface area contributed by atoms with Crippen molar-refractivity contribution in [3.8, 4) is 0 Å². The number of quaternary nitrogens is 1. The number of nitrogens with one attached hydrogen (secondary N) is 1. The van der Waals surface area contributed by atoms with Crippen LogP contribution in [0.15, 0.2) is 60.8 Å². The molecule has 0 aromatic carbocycles. The first-order valence-corrected chi connectivity index (χ1v) is 33.1. The van der Waals surface area contributed by atoms with E-state index < -0.39 is 20.0 Å². The Hall–Kier alpha value is -2.29. The van der Waals surface area contributed by atoms with Crippen molar-refractivity contribution in [1.29, 1.82) is 0 Å². The van der Waals surface area contributed by atoms with Gasteiger partial charge in [0.05, 0.1) is 33.8 Å². The van der Waals surface area contributed by atoms with Gasteiger partial charge in [0, 0.05) is 12.8 Å². The Morgan fingerprint density at radius 2 is 0.853 bits per heavy atom. The van der Waals surface area contributed by atoms with Crippen LogP contribution in [0.5, 0.6) is 0 Å². The molecule has 0 rings (SSSR count). The maximum absolute atomic E-state index is 13.5. The molecule has 0 aliphatic rings. The lowest BCUT2D eigenvalue weighted by atomic mass is 10.0. The summed E-state index contributed by atoms with van der Waals surface area (Å²) in [6, 6.07) is -0.853. The average Bonchev–Trinajstić information content (AvgIpc) is 3.37. The van der Waals surface area contributed by atoms with E-state index in [0.717, 1.165) is 83.5 Å². The van der Waals surface area contributed by atoms with Crippen LogP contribution < -0.4 is 5.32 Å². The van der Waals surface area contributed by atoms with E-state index in [-0.39, 0.29) is 31.5 Å². The van der Waals surface area contributed by atoms with Crippen molar-refractivity contribution >= 4 is 19.7 Å². The van der Waals surface area contributed by atoms with E-state index in [1.165, 1.54) is 173 Å². The molecule has 0 aromatic rings. The van der Waals surface area contributed by atoms with Crippen LogP contribution >= 0.6 is 7.82 Å². The highest BCUT2D eigenvalue weighted by Gasteiger charge is 2.30. The topological polar surface area (TPSA) is 111 Å². The van der Waals surface area contributed by atoms with Crippen LogP contribution in [0, 0.1) is 0 Å². The number of esters is 1. The number of amides is 1. The third-order valence-electron chi connectivity index (χ3n) is 14.0. The zero-order valence-electron chi connectivity index (χ0n) is 50.0. The number of allylic oxidation sites excluding steroid dienone is 9. The van der Waals surface area contributed by atoms with Gasteiger partial charge >= 0.3 is 13.8 Å². The van der Waals surface area contributed by atoms with Crippen LogP contribution in [0.4, 0.5) is 0 Å². The summed E-state index contributed by atoms with van der Waals surface area (Å²) in [4.78, 5) is 37.7. The molecule has 0 aliphatic heterocycles. The first kappa shape index (κ1) is 72.7. The van der Waals surface area contributed by atoms with Gasteiger partial charge in [0.25, 0.3) is 0 Å². The van der Waals surface area contributed by atoms with Crippen molar-refractivity contribution in [3.63, 3.8) is 0 Å². The van der Waals surface area contributed by atoms with Crippen LogP contribution in [0.2, 0.25) is 0 Å². The monoisotopic (exact) mass is 1070 g/mol. The van der Waals surface area contributed by atoms with Gasteiger partial charge in [-0.15, -0.1) is 0 Å². The van der Waals surface area contributed by atoms with Crippen molar-refractivity contribution < 1.29 is 37.3 Å². The van der Waals surface area contributed by atoms with Crippen LogP contribution in [0.1, 0.15) is 290 Å². The Labute approximate surface area is 464 Å². The van der Waals surface area contributed by atoms with Gasteiger partial charge < -0.3 is 19.4 Å². The summed E-state index contributed by atoms with van der Waals surface area (Å²) in [7, 11) is 1.49. The summed E-state index contributed by atoms with van der Waals surface area (Å²) in [5.74, 6) is -0.514. The van der Waals surface area contributed by atoms with Gasteiger partial charge in [0.1, 0.15) is 19.3 Å². The fourth-order valence-corrected chi connectivity index (χ4v) is 9.76. The predicted molar refractivity (Wildman–Crippen MR) is 323 cm³/mol. The average molecular weight is 1070 g/mol. The number of carbonyl (C=O) groups excluding carboxylic acids is 2. The molecule has 3 atom stereocenters. The van der Waals surface area contributed by atoms with Crippen molar-refractivity contribution in [2.45, 2.75) is 303 Å². The Kier molecular flexibility index (Phi) is 53.4. The third-order valence-corrected chi connectivity index (χ3v) is 14.9. The lowest BCUT2D eigenvalue weighted by Crippen LogP contribution is -2.47. The van der Waals surface area contributed by atoms with Gasteiger partial charge in [-0.05, 0) is 89.5 Å². The molecule has 75 heavy (non-hydrogen) atoms. The van der Waals surface area contributed by atoms with Gasteiger partial charge in [-0.3, -0.25) is 18.6 Å². The zero-order valence-corrected chi connectivity index (χ0v) is 50.9. The molecular weight excluding hydrogens is 952 g/mol. The van der Waals surface area contributed by atoms with E-state index in [4.69, 9.17) is 13.8 Å². The van der Waals surface area contributed by atoms with Crippen LogP contribution in [0.3, 0.4) is 0 Å². The number of nitrogens with zero attached hydrogens (tertiary/aromatic N) is 1. The van der Waals surface area contributed by atoms with E-state index in [2.05, 4.69) is 74.7 Å². The molecule has 1 amide bonds. The largest absolute Gasteiger partial charge is 0.472 e. The van der Waals surface area contributed by atoms with E-state index in [9.17, 15) is 19.0 Å². The summed E-state index contributed by atoms with van der Waals surface area (Å²) >= 11 is 0. The third kappa shape index (κ3) is 56.2. The normalized spacial score (nSPS) is 14.1. The fourth-order valence-electron chi connectivity index (χ4n) is 9.02. The number of phosphoric ester groups is 1. The highest BCUT2D eigenvalue weighted by molar-refractivity contribution is 7.47. The van der Waals surface area contributed by atoms with Gasteiger partial charge in [0.2, 0.25) is 5.91 Å². The van der Waals surface area contributed by atoms with E-state index in [0.29, 0.717) is 17.4 Å². The smallest absolute Gasteiger partial charge is 0.456 e. The minimum atomic E-state index is -4.45. The quantitative estimate of drug-likeness (QED) is 0.0156. The molecule has 0 aromatic heterocycles.